The highest BCUT2D eigenvalue weighted by Crippen LogP contribution is 2.16. The normalized spacial score (nSPS) is 15.5. The Kier molecular flexibility index (Phi) is 3.31. The van der Waals surface area contributed by atoms with E-state index >= 15 is 0 Å². The number of carbonyl (C=O) groups is 2. The predicted octanol–water partition coefficient (Wildman–Crippen LogP) is 0.375. The first-order valence-corrected chi connectivity index (χ1v) is 4.30. The van der Waals surface area contributed by atoms with Gasteiger partial charge in [0, 0.05) is 11.6 Å². The van der Waals surface area contributed by atoms with Gasteiger partial charge < -0.3 is 0 Å². The molecule has 1 heterocycles. The van der Waals surface area contributed by atoms with Crippen LogP contribution in [0.5, 0.6) is 0 Å². The van der Waals surface area contributed by atoms with E-state index in [2.05, 4.69) is 4.99 Å². The summed E-state index contributed by atoms with van der Waals surface area (Å²) in [5.74, 6) is -0.756. The minimum atomic E-state index is -0.405. The Morgan fingerprint density at radius 1 is 1.50 bits per heavy atom. The van der Waals surface area contributed by atoms with Crippen molar-refractivity contribution in [2.75, 3.05) is 6.67 Å². The first-order valence-electron chi connectivity index (χ1n) is 4.30. The topological polar surface area (TPSA) is 66.8 Å². The summed E-state index contributed by atoms with van der Waals surface area (Å²) >= 11 is 0. The molecule has 5 nitrogen and oxygen atoms in total. The molecule has 0 aromatic rings. The fourth-order valence-electron chi connectivity index (χ4n) is 1.24. The summed E-state index contributed by atoms with van der Waals surface area (Å²) in [4.78, 5) is 36.6. The highest BCUT2D eigenvalue weighted by atomic mass is 16.2. The molecule has 0 spiro atoms. The molecular weight excluding hydrogens is 184 g/mol. The molecule has 0 N–H and O–H groups in total. The Morgan fingerprint density at radius 2 is 2.21 bits per heavy atom. The molecule has 74 valence electrons. The van der Waals surface area contributed by atoms with E-state index in [0.717, 1.165) is 11.3 Å². The third-order valence-electron chi connectivity index (χ3n) is 1.88. The van der Waals surface area contributed by atoms with Crippen molar-refractivity contribution in [1.29, 1.82) is 0 Å². The highest BCUT2D eigenvalue weighted by Gasteiger charge is 2.29. The maximum atomic E-state index is 11.5. The van der Waals surface area contributed by atoms with E-state index in [4.69, 9.17) is 0 Å². The van der Waals surface area contributed by atoms with Crippen molar-refractivity contribution in [2.24, 2.45) is 4.99 Å². The molecule has 5 heteroatoms. The molecule has 0 unspecified atom stereocenters. The van der Waals surface area contributed by atoms with Gasteiger partial charge in [-0.25, -0.2) is 4.79 Å². The number of rotatable bonds is 4. The maximum Gasteiger partial charge on any atom is 0.258 e. The van der Waals surface area contributed by atoms with Crippen molar-refractivity contribution in [3.63, 3.8) is 0 Å². The van der Waals surface area contributed by atoms with Crippen LogP contribution in [0.4, 0.5) is 0 Å². The molecule has 1 aliphatic rings. The number of isocyanates is 1. The van der Waals surface area contributed by atoms with E-state index < -0.39 is 5.91 Å². The van der Waals surface area contributed by atoms with Crippen LogP contribution in [0.2, 0.25) is 0 Å². The maximum absolute atomic E-state index is 11.5. The lowest BCUT2D eigenvalue weighted by atomic mass is 10.1. The van der Waals surface area contributed by atoms with Crippen LogP contribution >= 0.6 is 0 Å². The largest absolute Gasteiger partial charge is 0.269 e. The summed E-state index contributed by atoms with van der Waals surface area (Å²) in [5, 5.41) is 0. The van der Waals surface area contributed by atoms with Crippen LogP contribution in [0.1, 0.15) is 19.8 Å². The highest BCUT2D eigenvalue weighted by molar-refractivity contribution is 6.16. The second-order valence-corrected chi connectivity index (χ2v) is 2.88. The molecule has 0 saturated carbocycles. The van der Waals surface area contributed by atoms with Crippen molar-refractivity contribution in [1.82, 2.24) is 4.90 Å². The Labute approximate surface area is 81.1 Å². The Bertz CT molecular complexity index is 340. The summed E-state index contributed by atoms with van der Waals surface area (Å²) in [6.07, 6.45) is 3.96. The number of hydrogen-bond donors (Lipinski definition) is 0. The minimum Gasteiger partial charge on any atom is -0.269 e. The van der Waals surface area contributed by atoms with Gasteiger partial charge in [-0.2, -0.15) is 4.99 Å². The molecule has 0 radical (unpaired) electrons. The molecule has 0 aliphatic carbocycles. The second-order valence-electron chi connectivity index (χ2n) is 2.88. The van der Waals surface area contributed by atoms with Crippen LogP contribution < -0.4 is 0 Å². The first kappa shape index (κ1) is 10.3. The molecule has 0 aromatic carbocycles. The molecule has 2 amide bonds. The average Bonchev–Trinajstić information content (AvgIpc) is 2.41. The number of hydrogen-bond acceptors (Lipinski definition) is 4. The molecule has 0 aromatic heterocycles. The van der Waals surface area contributed by atoms with Gasteiger partial charge in [0.2, 0.25) is 6.08 Å². The second kappa shape index (κ2) is 4.48. The fourth-order valence-corrected chi connectivity index (χ4v) is 1.24. The van der Waals surface area contributed by atoms with E-state index in [1.165, 1.54) is 12.2 Å². The Hall–Kier alpha value is -1.74. The van der Waals surface area contributed by atoms with Gasteiger partial charge in [-0.3, -0.25) is 14.5 Å². The standard InChI is InChI=1S/C9H10N2O3/c1-2-3-7-4-8(13)11(9(7)14)5-10-6-12/h4H,2-3,5H2,1H3. The minimum absolute atomic E-state index is 0.231. The SMILES string of the molecule is CCCC1=CC(=O)N(CN=C=O)C1=O. The van der Waals surface area contributed by atoms with Gasteiger partial charge in [-0.15, -0.1) is 0 Å². The Balaban J connectivity index is 2.72. The first-order chi connectivity index (χ1) is 6.70. The number of aliphatic imine (C=N–C) groups is 1. The van der Waals surface area contributed by atoms with Crippen LogP contribution in [-0.4, -0.2) is 29.5 Å². The summed E-state index contributed by atoms with van der Waals surface area (Å²) < 4.78 is 0. The molecular formula is C9H10N2O3. The zero-order valence-electron chi connectivity index (χ0n) is 7.82. The van der Waals surface area contributed by atoms with Crippen LogP contribution in [0, 0.1) is 0 Å². The van der Waals surface area contributed by atoms with Crippen molar-refractivity contribution in [3.8, 4) is 0 Å². The molecule has 0 saturated heterocycles. The molecule has 0 atom stereocenters. The van der Waals surface area contributed by atoms with E-state index in [1.807, 2.05) is 6.92 Å². The van der Waals surface area contributed by atoms with Crippen LogP contribution in [0.15, 0.2) is 16.6 Å². The molecule has 14 heavy (non-hydrogen) atoms. The van der Waals surface area contributed by atoms with E-state index in [1.54, 1.807) is 0 Å². The van der Waals surface area contributed by atoms with Crippen LogP contribution in [0.25, 0.3) is 0 Å². The third-order valence-corrected chi connectivity index (χ3v) is 1.88. The third kappa shape index (κ3) is 1.95. The van der Waals surface area contributed by atoms with Gasteiger partial charge in [0.05, 0.1) is 0 Å². The van der Waals surface area contributed by atoms with Crippen molar-refractivity contribution >= 4 is 17.9 Å². The number of carbonyl (C=O) groups excluding carboxylic acids is 3. The molecule has 0 bridgehead atoms. The smallest absolute Gasteiger partial charge is 0.258 e. The van der Waals surface area contributed by atoms with Gasteiger partial charge in [-0.05, 0) is 6.42 Å². The number of imide groups is 1. The number of amides is 2. The lowest BCUT2D eigenvalue weighted by Crippen LogP contribution is -2.31. The van der Waals surface area contributed by atoms with E-state index in [-0.39, 0.29) is 12.6 Å². The summed E-state index contributed by atoms with van der Waals surface area (Å²) in [6, 6.07) is 0. The van der Waals surface area contributed by atoms with Gasteiger partial charge in [0.15, 0.2) is 0 Å². The lowest BCUT2D eigenvalue weighted by molar-refractivity contribution is -0.137. The van der Waals surface area contributed by atoms with Crippen LogP contribution in [0.3, 0.4) is 0 Å². The fraction of sp³-hybridized carbons (Fsp3) is 0.444. The average molecular weight is 194 g/mol. The van der Waals surface area contributed by atoms with Crippen molar-refractivity contribution in [3.05, 3.63) is 11.6 Å². The predicted molar refractivity (Wildman–Crippen MR) is 47.8 cm³/mol. The zero-order chi connectivity index (χ0) is 10.6. The monoisotopic (exact) mass is 194 g/mol. The quantitative estimate of drug-likeness (QED) is 0.369. The summed E-state index contributed by atoms with van der Waals surface area (Å²) in [6.45, 7) is 1.69. The van der Waals surface area contributed by atoms with Crippen molar-refractivity contribution in [2.45, 2.75) is 19.8 Å². The van der Waals surface area contributed by atoms with Crippen LogP contribution in [-0.2, 0) is 14.4 Å². The Morgan fingerprint density at radius 3 is 2.79 bits per heavy atom. The molecule has 1 rings (SSSR count). The van der Waals surface area contributed by atoms with Gasteiger partial charge in [-0.1, -0.05) is 13.3 Å². The van der Waals surface area contributed by atoms with Gasteiger partial charge in [0.25, 0.3) is 11.8 Å². The molecule has 0 fully saturated rings. The zero-order valence-corrected chi connectivity index (χ0v) is 7.82. The van der Waals surface area contributed by atoms with Gasteiger partial charge >= 0.3 is 0 Å². The van der Waals surface area contributed by atoms with Gasteiger partial charge in [0.1, 0.15) is 6.67 Å². The number of nitrogens with zero attached hydrogens (tertiary/aromatic N) is 2. The summed E-state index contributed by atoms with van der Waals surface area (Å²) in [7, 11) is 0. The van der Waals surface area contributed by atoms with Crippen molar-refractivity contribution < 1.29 is 14.4 Å². The van der Waals surface area contributed by atoms with E-state index in [9.17, 15) is 14.4 Å². The van der Waals surface area contributed by atoms with E-state index in [0.29, 0.717) is 12.0 Å². The summed E-state index contributed by atoms with van der Waals surface area (Å²) in [5.41, 5.74) is 0.485. The lowest BCUT2D eigenvalue weighted by Gasteiger charge is -2.09. The molecule has 1 aliphatic heterocycles.